The number of hydrogen-bond donors (Lipinski definition) is 2. The maximum Gasteiger partial charge on any atom is 0.240 e. The van der Waals surface area contributed by atoms with Crippen molar-refractivity contribution in [3.8, 4) is 0 Å². The summed E-state index contributed by atoms with van der Waals surface area (Å²) in [5, 5.41) is 2.92. The molecular formula is C21H26N2O4S. The molecule has 0 spiro atoms. The fraction of sp³-hybridized carbons (Fsp3) is 0.381. The monoisotopic (exact) mass is 402 g/mol. The zero-order valence-corrected chi connectivity index (χ0v) is 17.0. The van der Waals surface area contributed by atoms with Crippen LogP contribution in [-0.4, -0.2) is 34.1 Å². The van der Waals surface area contributed by atoms with E-state index in [0.717, 1.165) is 24.8 Å². The Morgan fingerprint density at radius 1 is 1.18 bits per heavy atom. The Labute approximate surface area is 166 Å². The number of aryl methyl sites for hydroxylation is 1. The first kappa shape index (κ1) is 20.5. The maximum atomic E-state index is 12.8. The molecular weight excluding hydrogens is 376 g/mol. The first-order valence-electron chi connectivity index (χ1n) is 9.40. The molecule has 2 unspecified atom stereocenters. The van der Waals surface area contributed by atoms with Crippen LogP contribution in [0.2, 0.25) is 0 Å². The third-order valence-corrected chi connectivity index (χ3v) is 6.50. The SMILES string of the molecule is COCC(C)NS(=O)(=O)c1ccc(NC(=O)C2CCCc3ccccc32)cc1. The minimum absolute atomic E-state index is 0.0606. The van der Waals surface area contributed by atoms with Gasteiger partial charge in [0.15, 0.2) is 0 Å². The number of methoxy groups -OCH3 is 1. The molecule has 150 valence electrons. The number of nitrogens with one attached hydrogen (secondary N) is 2. The van der Waals surface area contributed by atoms with Gasteiger partial charge < -0.3 is 10.1 Å². The number of benzene rings is 2. The Bertz CT molecular complexity index is 926. The molecule has 28 heavy (non-hydrogen) atoms. The zero-order chi connectivity index (χ0) is 20.1. The average Bonchev–Trinajstić information content (AvgIpc) is 2.67. The number of fused-ring (bicyclic) bond motifs is 1. The zero-order valence-electron chi connectivity index (χ0n) is 16.1. The van der Waals surface area contributed by atoms with Crippen LogP contribution in [-0.2, 0) is 26.0 Å². The molecule has 2 aromatic rings. The highest BCUT2D eigenvalue weighted by Crippen LogP contribution is 2.32. The second-order valence-corrected chi connectivity index (χ2v) is 8.85. The molecule has 1 amide bonds. The molecule has 0 fully saturated rings. The van der Waals surface area contributed by atoms with Gasteiger partial charge in [0, 0.05) is 18.8 Å². The van der Waals surface area contributed by atoms with Crippen LogP contribution in [0, 0.1) is 0 Å². The predicted molar refractivity (Wildman–Crippen MR) is 109 cm³/mol. The molecule has 2 N–H and O–H groups in total. The van der Waals surface area contributed by atoms with Crippen molar-refractivity contribution < 1.29 is 17.9 Å². The van der Waals surface area contributed by atoms with E-state index >= 15 is 0 Å². The number of rotatable bonds is 7. The molecule has 2 atom stereocenters. The highest BCUT2D eigenvalue weighted by Gasteiger charge is 2.26. The lowest BCUT2D eigenvalue weighted by Gasteiger charge is -2.24. The lowest BCUT2D eigenvalue weighted by atomic mass is 9.82. The molecule has 2 aromatic carbocycles. The van der Waals surface area contributed by atoms with Crippen LogP contribution >= 0.6 is 0 Å². The fourth-order valence-corrected chi connectivity index (χ4v) is 4.82. The summed E-state index contributed by atoms with van der Waals surface area (Å²) < 4.78 is 32.3. The van der Waals surface area contributed by atoms with Crippen LogP contribution in [0.25, 0.3) is 0 Å². The summed E-state index contributed by atoms with van der Waals surface area (Å²) in [6.07, 6.45) is 2.80. The number of ether oxygens (including phenoxy) is 1. The Morgan fingerprint density at radius 2 is 1.89 bits per heavy atom. The van der Waals surface area contributed by atoms with Crippen LogP contribution in [0.1, 0.15) is 36.8 Å². The van der Waals surface area contributed by atoms with Crippen molar-refractivity contribution in [1.82, 2.24) is 4.72 Å². The van der Waals surface area contributed by atoms with E-state index in [2.05, 4.69) is 16.1 Å². The fourth-order valence-electron chi connectivity index (χ4n) is 3.59. The molecule has 0 aromatic heterocycles. The first-order valence-corrected chi connectivity index (χ1v) is 10.9. The van der Waals surface area contributed by atoms with Gasteiger partial charge in [-0.2, -0.15) is 0 Å². The van der Waals surface area contributed by atoms with Crippen LogP contribution in [0.5, 0.6) is 0 Å². The van der Waals surface area contributed by atoms with Gasteiger partial charge in [-0.1, -0.05) is 24.3 Å². The van der Waals surface area contributed by atoms with E-state index in [0.29, 0.717) is 5.69 Å². The summed E-state index contributed by atoms with van der Waals surface area (Å²) in [4.78, 5) is 12.9. The summed E-state index contributed by atoms with van der Waals surface area (Å²) in [5.41, 5.74) is 2.89. The maximum absolute atomic E-state index is 12.8. The van der Waals surface area contributed by atoms with Crippen LogP contribution in [0.15, 0.2) is 53.4 Å². The smallest absolute Gasteiger partial charge is 0.240 e. The van der Waals surface area contributed by atoms with Crippen molar-refractivity contribution in [2.24, 2.45) is 0 Å². The molecule has 0 saturated heterocycles. The van der Waals surface area contributed by atoms with Gasteiger partial charge in [0.05, 0.1) is 17.4 Å². The first-order chi connectivity index (χ1) is 13.4. The normalized spacial score (nSPS) is 17.6. The van der Waals surface area contributed by atoms with E-state index < -0.39 is 10.0 Å². The van der Waals surface area contributed by atoms with Gasteiger partial charge in [-0.15, -0.1) is 0 Å². The molecule has 3 rings (SSSR count). The molecule has 6 nitrogen and oxygen atoms in total. The Kier molecular flexibility index (Phi) is 6.49. The van der Waals surface area contributed by atoms with Gasteiger partial charge in [0.1, 0.15) is 0 Å². The molecule has 0 heterocycles. The molecule has 0 saturated carbocycles. The minimum Gasteiger partial charge on any atom is -0.383 e. The van der Waals surface area contributed by atoms with Crippen molar-refractivity contribution in [1.29, 1.82) is 0 Å². The third-order valence-electron chi connectivity index (χ3n) is 4.89. The Hall–Kier alpha value is -2.22. The van der Waals surface area contributed by atoms with Gasteiger partial charge in [-0.3, -0.25) is 4.79 Å². The van der Waals surface area contributed by atoms with Gasteiger partial charge >= 0.3 is 0 Å². The molecule has 7 heteroatoms. The van der Waals surface area contributed by atoms with E-state index in [-0.39, 0.29) is 29.4 Å². The number of anilines is 1. The van der Waals surface area contributed by atoms with Crippen LogP contribution in [0.4, 0.5) is 5.69 Å². The summed E-state index contributed by atoms with van der Waals surface area (Å²) >= 11 is 0. The highest BCUT2D eigenvalue weighted by molar-refractivity contribution is 7.89. The lowest BCUT2D eigenvalue weighted by Crippen LogP contribution is -2.35. The van der Waals surface area contributed by atoms with Crippen LogP contribution < -0.4 is 10.0 Å². The van der Waals surface area contributed by atoms with Gasteiger partial charge in [-0.05, 0) is 61.6 Å². The second-order valence-electron chi connectivity index (χ2n) is 7.13. The number of amides is 1. The molecule has 0 radical (unpaired) electrons. The van der Waals surface area contributed by atoms with Crippen molar-refractivity contribution >= 4 is 21.6 Å². The number of sulfonamides is 1. The van der Waals surface area contributed by atoms with E-state index in [1.165, 1.54) is 24.8 Å². The summed E-state index contributed by atoms with van der Waals surface area (Å²) in [7, 11) is -2.11. The van der Waals surface area contributed by atoms with Gasteiger partial charge in [0.25, 0.3) is 0 Å². The highest BCUT2D eigenvalue weighted by atomic mass is 32.2. The minimum atomic E-state index is -3.63. The molecule has 0 aliphatic heterocycles. The van der Waals surface area contributed by atoms with Gasteiger partial charge in [0.2, 0.25) is 15.9 Å². The Balaban J connectivity index is 1.69. The third kappa shape index (κ3) is 4.79. The largest absolute Gasteiger partial charge is 0.383 e. The number of hydrogen-bond acceptors (Lipinski definition) is 4. The van der Waals surface area contributed by atoms with E-state index in [9.17, 15) is 13.2 Å². The quantitative estimate of drug-likeness (QED) is 0.745. The predicted octanol–water partition coefficient (Wildman–Crippen LogP) is 3.06. The second kappa shape index (κ2) is 8.86. The van der Waals surface area contributed by atoms with Crippen molar-refractivity contribution in [2.45, 2.75) is 43.0 Å². The van der Waals surface area contributed by atoms with Crippen LogP contribution in [0.3, 0.4) is 0 Å². The van der Waals surface area contributed by atoms with Crippen molar-refractivity contribution in [3.63, 3.8) is 0 Å². The summed E-state index contributed by atoms with van der Waals surface area (Å²) in [6, 6.07) is 13.9. The molecule has 0 bridgehead atoms. The summed E-state index contributed by atoms with van der Waals surface area (Å²) in [6.45, 7) is 2.02. The van der Waals surface area contributed by atoms with Gasteiger partial charge in [-0.25, -0.2) is 13.1 Å². The lowest BCUT2D eigenvalue weighted by molar-refractivity contribution is -0.117. The van der Waals surface area contributed by atoms with Crippen molar-refractivity contribution in [3.05, 3.63) is 59.7 Å². The Morgan fingerprint density at radius 3 is 2.61 bits per heavy atom. The van der Waals surface area contributed by atoms with E-state index in [1.807, 2.05) is 18.2 Å². The number of carbonyl (C=O) groups is 1. The topological polar surface area (TPSA) is 84.5 Å². The molecule has 1 aliphatic rings. The number of carbonyl (C=O) groups excluding carboxylic acids is 1. The standard InChI is InChI=1S/C21H26N2O4S/c1-15(14-27-2)23-28(25,26)18-12-10-17(11-13-18)22-21(24)20-9-5-7-16-6-3-4-8-19(16)20/h3-4,6,8,10-13,15,20,23H,5,7,9,14H2,1-2H3,(H,22,24). The van der Waals surface area contributed by atoms with E-state index in [1.54, 1.807) is 19.1 Å². The van der Waals surface area contributed by atoms with Crippen molar-refractivity contribution in [2.75, 3.05) is 19.0 Å². The summed E-state index contributed by atoms with van der Waals surface area (Å²) in [5.74, 6) is -0.237. The van der Waals surface area contributed by atoms with E-state index in [4.69, 9.17) is 4.74 Å². The average molecular weight is 403 g/mol. The molecule has 1 aliphatic carbocycles.